The van der Waals surface area contributed by atoms with Crippen molar-refractivity contribution in [1.29, 1.82) is 0 Å². The molecule has 34 heavy (non-hydrogen) atoms. The molecule has 1 amide bonds. The molecule has 10 heteroatoms. The van der Waals surface area contributed by atoms with Gasteiger partial charge in [-0.05, 0) is 42.9 Å². The Hall–Kier alpha value is -2.50. The lowest BCUT2D eigenvalue weighted by atomic mass is 9.99. The molecule has 0 bridgehead atoms. The molecule has 0 saturated carbocycles. The predicted molar refractivity (Wildman–Crippen MR) is 122 cm³/mol. The van der Waals surface area contributed by atoms with E-state index in [4.69, 9.17) is 14.2 Å². The van der Waals surface area contributed by atoms with Crippen LogP contribution in [0.3, 0.4) is 0 Å². The van der Waals surface area contributed by atoms with Crippen molar-refractivity contribution in [2.45, 2.75) is 76.8 Å². The van der Waals surface area contributed by atoms with Gasteiger partial charge in [0, 0.05) is 13.0 Å². The molecule has 1 fully saturated rings. The number of rotatable bonds is 11. The van der Waals surface area contributed by atoms with Crippen LogP contribution in [0.5, 0.6) is 11.5 Å². The Labute approximate surface area is 199 Å². The minimum Gasteiger partial charge on any atom is -0.493 e. The molecule has 190 valence electrons. The van der Waals surface area contributed by atoms with Gasteiger partial charge in [-0.15, -0.1) is 0 Å². The summed E-state index contributed by atoms with van der Waals surface area (Å²) >= 11 is 0. The Bertz CT molecular complexity index is 842. The van der Waals surface area contributed by atoms with Crippen LogP contribution in [0.15, 0.2) is 30.4 Å². The number of aliphatic hydroxyl groups is 4. The number of benzene rings is 1. The number of nitrogens with one attached hydrogen (secondary N) is 1. The first-order chi connectivity index (χ1) is 16.1. The van der Waals surface area contributed by atoms with Crippen LogP contribution in [-0.4, -0.2) is 70.1 Å². The molecule has 0 radical (unpaired) electrons. The third-order valence-electron chi connectivity index (χ3n) is 5.29. The molecule has 5 N–H and O–H groups in total. The van der Waals surface area contributed by atoms with Crippen molar-refractivity contribution in [2.24, 2.45) is 5.92 Å². The molecular formula is C24H35NO9. The lowest BCUT2D eigenvalue weighted by Crippen LogP contribution is -2.60. The fourth-order valence-corrected chi connectivity index (χ4v) is 3.33. The monoisotopic (exact) mass is 481 g/mol. The number of hydrogen-bond acceptors (Lipinski definition) is 9. The summed E-state index contributed by atoms with van der Waals surface area (Å²) in [7, 11) is 1.37. The molecule has 0 spiro atoms. The standard InChI is InChI=1S/C24H35NO9/c1-14(2)8-6-4-5-7-9-18(26)25-13-15-10-11-16(17(12-15)32-3)33-24(31)22-20(28)19(27)21(29)23(30)34-22/h6,8,10-12,14,19-23,27-30H,4-5,7,9,13H2,1-3H3,(H,25,26)/b8-6+/t19-,20+,21+,22-,23?/m0/s1. The second-order valence-corrected chi connectivity index (χ2v) is 8.52. The fraction of sp³-hybridized carbons (Fsp3) is 0.583. The van der Waals surface area contributed by atoms with Gasteiger partial charge in [0.1, 0.15) is 18.3 Å². The number of amides is 1. The summed E-state index contributed by atoms with van der Waals surface area (Å²) in [6.45, 7) is 4.50. The Kier molecular flexibility index (Phi) is 10.9. The Morgan fingerprint density at radius 1 is 1.09 bits per heavy atom. The van der Waals surface area contributed by atoms with Gasteiger partial charge >= 0.3 is 5.97 Å². The van der Waals surface area contributed by atoms with E-state index in [1.54, 1.807) is 12.1 Å². The van der Waals surface area contributed by atoms with Crippen molar-refractivity contribution in [3.05, 3.63) is 35.9 Å². The number of unbranched alkanes of at least 4 members (excludes halogenated alkanes) is 2. The van der Waals surface area contributed by atoms with Crippen molar-refractivity contribution in [3.63, 3.8) is 0 Å². The quantitative estimate of drug-likeness (QED) is 0.133. The maximum absolute atomic E-state index is 12.4. The van der Waals surface area contributed by atoms with Crippen LogP contribution in [0.2, 0.25) is 0 Å². The van der Waals surface area contributed by atoms with E-state index < -0.39 is 36.7 Å². The summed E-state index contributed by atoms with van der Waals surface area (Å²) < 4.78 is 15.3. The minimum absolute atomic E-state index is 0.0166. The van der Waals surface area contributed by atoms with Gasteiger partial charge in [-0.2, -0.15) is 0 Å². The molecule has 5 atom stereocenters. The largest absolute Gasteiger partial charge is 0.493 e. The van der Waals surface area contributed by atoms with Gasteiger partial charge in [0.15, 0.2) is 23.9 Å². The summed E-state index contributed by atoms with van der Waals surface area (Å²) in [6.07, 6.45) is -1.51. The highest BCUT2D eigenvalue weighted by Crippen LogP contribution is 2.30. The van der Waals surface area contributed by atoms with Crippen molar-refractivity contribution in [1.82, 2.24) is 5.32 Å². The maximum Gasteiger partial charge on any atom is 0.343 e. The Balaban J connectivity index is 1.87. The number of ether oxygens (including phenoxy) is 3. The fourth-order valence-electron chi connectivity index (χ4n) is 3.33. The molecule has 0 aromatic heterocycles. The van der Waals surface area contributed by atoms with Crippen molar-refractivity contribution >= 4 is 11.9 Å². The molecular weight excluding hydrogens is 446 g/mol. The lowest BCUT2D eigenvalue weighted by Gasteiger charge is -2.36. The van der Waals surface area contributed by atoms with Gasteiger partial charge in [0.05, 0.1) is 7.11 Å². The molecule has 2 rings (SSSR count). The highest BCUT2D eigenvalue weighted by molar-refractivity contribution is 5.79. The molecule has 1 aromatic carbocycles. The van der Waals surface area contributed by atoms with Crippen LogP contribution < -0.4 is 14.8 Å². The summed E-state index contributed by atoms with van der Waals surface area (Å²) in [6, 6.07) is 4.68. The number of allylic oxidation sites excluding steroid dienone is 2. The molecule has 10 nitrogen and oxygen atoms in total. The first kappa shape index (κ1) is 27.7. The summed E-state index contributed by atoms with van der Waals surface area (Å²) in [5, 5.41) is 41.7. The molecule has 1 heterocycles. The van der Waals surface area contributed by atoms with Crippen LogP contribution >= 0.6 is 0 Å². The average molecular weight is 482 g/mol. The second-order valence-electron chi connectivity index (χ2n) is 8.52. The molecule has 1 aromatic rings. The van der Waals surface area contributed by atoms with Crippen molar-refractivity contribution in [2.75, 3.05) is 7.11 Å². The van der Waals surface area contributed by atoms with Gasteiger partial charge in [0.25, 0.3) is 0 Å². The van der Waals surface area contributed by atoms with Crippen LogP contribution in [0.4, 0.5) is 0 Å². The van der Waals surface area contributed by atoms with E-state index in [1.165, 1.54) is 13.2 Å². The molecule has 1 unspecified atom stereocenters. The van der Waals surface area contributed by atoms with E-state index in [2.05, 4.69) is 31.3 Å². The van der Waals surface area contributed by atoms with E-state index >= 15 is 0 Å². The smallest absolute Gasteiger partial charge is 0.343 e. The predicted octanol–water partition coefficient (Wildman–Crippen LogP) is 0.789. The zero-order valence-corrected chi connectivity index (χ0v) is 19.7. The number of carbonyl (C=O) groups is 2. The third kappa shape index (κ3) is 8.07. The molecule has 1 aliphatic heterocycles. The number of carbonyl (C=O) groups excluding carboxylic acids is 2. The van der Waals surface area contributed by atoms with Gasteiger partial charge in [-0.3, -0.25) is 4.79 Å². The van der Waals surface area contributed by atoms with Gasteiger partial charge in [-0.25, -0.2) is 4.79 Å². The van der Waals surface area contributed by atoms with Crippen molar-refractivity contribution in [3.8, 4) is 11.5 Å². The minimum atomic E-state index is -1.86. The number of methoxy groups -OCH3 is 1. The van der Waals surface area contributed by atoms with Crippen molar-refractivity contribution < 1.29 is 44.2 Å². The summed E-state index contributed by atoms with van der Waals surface area (Å²) in [4.78, 5) is 24.5. The van der Waals surface area contributed by atoms with Crippen LogP contribution in [-0.2, 0) is 20.9 Å². The zero-order chi connectivity index (χ0) is 25.3. The first-order valence-corrected chi connectivity index (χ1v) is 11.3. The lowest BCUT2D eigenvalue weighted by molar-refractivity contribution is -0.279. The van der Waals surface area contributed by atoms with E-state index in [9.17, 15) is 30.0 Å². The van der Waals surface area contributed by atoms with E-state index in [1.807, 2.05) is 0 Å². The first-order valence-electron chi connectivity index (χ1n) is 11.3. The number of aliphatic hydroxyl groups excluding tert-OH is 4. The molecule has 1 saturated heterocycles. The normalized spacial score (nSPS) is 24.9. The van der Waals surface area contributed by atoms with E-state index in [0.717, 1.165) is 19.3 Å². The highest BCUT2D eigenvalue weighted by Gasteiger charge is 2.47. The van der Waals surface area contributed by atoms with Crippen LogP contribution in [0.1, 0.15) is 45.1 Å². The third-order valence-corrected chi connectivity index (χ3v) is 5.29. The number of esters is 1. The van der Waals surface area contributed by atoms with Gasteiger partial charge < -0.3 is 40.0 Å². The number of hydrogen-bond donors (Lipinski definition) is 5. The molecule has 1 aliphatic rings. The second kappa shape index (κ2) is 13.4. The maximum atomic E-state index is 12.4. The Morgan fingerprint density at radius 3 is 2.50 bits per heavy atom. The van der Waals surface area contributed by atoms with E-state index in [0.29, 0.717) is 17.9 Å². The molecule has 0 aliphatic carbocycles. The Morgan fingerprint density at radius 2 is 1.82 bits per heavy atom. The average Bonchev–Trinajstić information content (AvgIpc) is 2.81. The van der Waals surface area contributed by atoms with Gasteiger partial charge in [0.2, 0.25) is 5.91 Å². The van der Waals surface area contributed by atoms with Crippen LogP contribution in [0, 0.1) is 5.92 Å². The summed E-state index contributed by atoms with van der Waals surface area (Å²) in [5.74, 6) is -0.409. The van der Waals surface area contributed by atoms with E-state index in [-0.39, 0.29) is 24.0 Å². The SMILES string of the molecule is COc1cc(CNC(=O)CCCC/C=C/C(C)C)ccc1OC(=O)[C@H]1OC(O)[C@H](O)[C@@H](O)[C@H]1O. The van der Waals surface area contributed by atoms with Gasteiger partial charge in [-0.1, -0.05) is 32.1 Å². The summed E-state index contributed by atoms with van der Waals surface area (Å²) in [5.41, 5.74) is 0.716. The van der Waals surface area contributed by atoms with Crippen LogP contribution in [0.25, 0.3) is 0 Å². The topological polar surface area (TPSA) is 155 Å². The zero-order valence-electron chi connectivity index (χ0n) is 19.7. The highest BCUT2D eigenvalue weighted by atomic mass is 16.7.